The average Bonchev–Trinajstić information content (AvgIpc) is 1.49. The first-order valence-corrected chi connectivity index (χ1v) is 52.1. The predicted octanol–water partition coefficient (Wildman–Crippen LogP) is 39.0. The number of nitrogens with zero attached hydrogens (tertiary/aromatic N) is 8. The Morgan fingerprint density at radius 3 is 0.811 bits per heavy atom. The van der Waals surface area contributed by atoms with E-state index in [0.717, 1.165) is 113 Å². The Hall–Kier alpha value is -18.5. The van der Waals surface area contributed by atoms with Crippen molar-refractivity contribution in [1.29, 1.82) is 0 Å². The SMILES string of the molecule is CC1=CC=CC(N(c2ccccc2)c2cccc3c2c2cccc4c5c(-c6ccccc6)c6c(c(-c7ccc(-c8ccc(-c9c%10c%11cccc%12c%13c(N(c%14ccccc%14)c%14ccc(C(C)C)cc%14)cccc%13n(c%10c(-c%10ccccc%10)c%10c%13cccc%14c%15c(N(c%16ccccc%16)c%16ccc(C(C)C)cc%16)cccc%15n(c9%10)c%14%13)c%12%11)cc8)cc7)c5n3c24)c2cccc3c4c(N(c5ccccc5)c5cccc(C)c5)cccc4n6c32)C1. The van der Waals surface area contributed by atoms with Gasteiger partial charge in [-0.1, -0.05) is 367 Å². The number of aryl methyl sites for hydroxylation is 1. The van der Waals surface area contributed by atoms with Gasteiger partial charge in [0.05, 0.1) is 95.0 Å². The quantitative estimate of drug-likeness (QED) is 0.0807. The molecule has 1 aliphatic rings. The van der Waals surface area contributed by atoms with Gasteiger partial charge >= 0.3 is 0 Å². The average molecular weight is 1890 g/mol. The van der Waals surface area contributed by atoms with Crippen LogP contribution >= 0.6 is 0 Å². The molecule has 0 radical (unpaired) electrons. The molecular formula is C140H100N8. The maximum Gasteiger partial charge on any atom is 0.0634 e. The van der Waals surface area contributed by atoms with E-state index in [4.69, 9.17) is 0 Å². The van der Waals surface area contributed by atoms with E-state index in [9.17, 15) is 0 Å². The van der Waals surface area contributed by atoms with Gasteiger partial charge in [-0.2, -0.15) is 0 Å². The molecule has 21 aromatic carbocycles. The molecule has 0 N–H and O–H groups in total. The van der Waals surface area contributed by atoms with E-state index in [1.54, 1.807) is 0 Å². The van der Waals surface area contributed by atoms with Crippen molar-refractivity contribution in [2.75, 3.05) is 19.6 Å². The van der Waals surface area contributed by atoms with E-state index in [-0.39, 0.29) is 6.04 Å². The highest BCUT2D eigenvalue weighted by atomic mass is 15.2. The number of fused-ring (bicyclic) bond motifs is 24. The van der Waals surface area contributed by atoms with Crippen LogP contribution in [-0.2, 0) is 0 Å². The number of benzene rings is 21. The fourth-order valence-corrected chi connectivity index (χ4v) is 26.2. The highest BCUT2D eigenvalue weighted by Crippen LogP contribution is 2.61. The maximum absolute atomic E-state index is 2.69. The van der Waals surface area contributed by atoms with Crippen molar-refractivity contribution < 1.29 is 0 Å². The minimum atomic E-state index is 0.0794. The van der Waals surface area contributed by atoms with Crippen molar-refractivity contribution >= 4 is 215 Å². The molecule has 8 heteroatoms. The molecule has 0 fully saturated rings. The van der Waals surface area contributed by atoms with Gasteiger partial charge in [0.15, 0.2) is 0 Å². The molecule has 0 spiro atoms. The lowest BCUT2D eigenvalue weighted by Gasteiger charge is -2.34. The van der Waals surface area contributed by atoms with Gasteiger partial charge in [0.2, 0.25) is 0 Å². The third kappa shape index (κ3) is 12.4. The van der Waals surface area contributed by atoms with Gasteiger partial charge in [-0.3, -0.25) is 0 Å². The first-order chi connectivity index (χ1) is 73.0. The molecule has 148 heavy (non-hydrogen) atoms. The Labute approximate surface area is 856 Å². The minimum absolute atomic E-state index is 0.0794. The summed E-state index contributed by atoms with van der Waals surface area (Å²) in [6.07, 6.45) is 7.84. The minimum Gasteiger partial charge on any atom is -0.334 e. The second kappa shape index (κ2) is 33.0. The highest BCUT2D eigenvalue weighted by molar-refractivity contribution is 6.42. The first-order valence-electron chi connectivity index (χ1n) is 52.1. The van der Waals surface area contributed by atoms with E-state index in [1.165, 1.54) is 186 Å². The second-order valence-corrected chi connectivity index (χ2v) is 41.3. The van der Waals surface area contributed by atoms with Gasteiger partial charge in [0.25, 0.3) is 0 Å². The summed E-state index contributed by atoms with van der Waals surface area (Å²) in [6, 6.07) is 170. The summed E-state index contributed by atoms with van der Waals surface area (Å²) >= 11 is 0. The number of rotatable bonds is 19. The highest BCUT2D eigenvalue weighted by Gasteiger charge is 2.38. The number of allylic oxidation sites excluding steroid dienone is 2. The smallest absolute Gasteiger partial charge is 0.0634 e. The molecule has 30 rings (SSSR count). The zero-order chi connectivity index (χ0) is 98.1. The van der Waals surface area contributed by atoms with Gasteiger partial charge in [0, 0.05) is 148 Å². The molecule has 8 aromatic heterocycles. The van der Waals surface area contributed by atoms with Crippen LogP contribution < -0.4 is 19.6 Å². The molecule has 8 nitrogen and oxygen atoms in total. The summed E-state index contributed by atoms with van der Waals surface area (Å²) in [5.41, 5.74) is 43.3. The van der Waals surface area contributed by atoms with Crippen LogP contribution in [0, 0.1) is 6.92 Å². The van der Waals surface area contributed by atoms with Crippen molar-refractivity contribution in [2.45, 2.75) is 65.8 Å². The number of para-hydroxylation sites is 8. The van der Waals surface area contributed by atoms with Crippen LogP contribution in [-0.4, -0.2) is 23.6 Å². The third-order valence-electron chi connectivity index (χ3n) is 32.4. The molecule has 700 valence electrons. The van der Waals surface area contributed by atoms with Crippen LogP contribution in [0.4, 0.5) is 62.6 Å². The van der Waals surface area contributed by atoms with E-state index in [1.807, 2.05) is 0 Å². The Morgan fingerprint density at radius 2 is 0.486 bits per heavy atom. The summed E-state index contributed by atoms with van der Waals surface area (Å²) < 4.78 is 10.7. The molecule has 0 aliphatic heterocycles. The summed E-state index contributed by atoms with van der Waals surface area (Å²) in [5.74, 6) is 0.768. The third-order valence-corrected chi connectivity index (χ3v) is 32.4. The van der Waals surface area contributed by atoms with Gasteiger partial charge in [-0.25, -0.2) is 0 Å². The van der Waals surface area contributed by atoms with Crippen LogP contribution in [0.5, 0.6) is 0 Å². The molecule has 8 heterocycles. The van der Waals surface area contributed by atoms with Crippen molar-refractivity contribution in [3.8, 4) is 55.6 Å². The maximum atomic E-state index is 2.69. The van der Waals surface area contributed by atoms with Gasteiger partial charge in [-0.05, 0) is 216 Å². The lowest BCUT2D eigenvalue weighted by molar-refractivity contribution is 0.759. The van der Waals surface area contributed by atoms with Crippen LogP contribution in [0.25, 0.3) is 208 Å². The number of aromatic nitrogens is 4. The Morgan fingerprint density at radius 1 is 0.223 bits per heavy atom. The molecule has 29 aromatic rings. The first kappa shape index (κ1) is 85.1. The monoisotopic (exact) mass is 1890 g/mol. The fourth-order valence-electron chi connectivity index (χ4n) is 26.2. The van der Waals surface area contributed by atoms with Crippen molar-refractivity contribution in [1.82, 2.24) is 17.6 Å². The van der Waals surface area contributed by atoms with Gasteiger partial charge in [0.1, 0.15) is 0 Å². The van der Waals surface area contributed by atoms with E-state index in [0.29, 0.717) is 11.8 Å². The predicted molar refractivity (Wildman–Crippen MR) is 629 cm³/mol. The second-order valence-electron chi connectivity index (χ2n) is 41.3. The Bertz CT molecular complexity index is 10400. The Kier molecular flexibility index (Phi) is 19.0. The van der Waals surface area contributed by atoms with Crippen LogP contribution in [0.1, 0.15) is 69.6 Å². The lowest BCUT2D eigenvalue weighted by Crippen LogP contribution is -2.30. The molecule has 1 unspecified atom stereocenters. The van der Waals surface area contributed by atoms with E-state index >= 15 is 0 Å². The zero-order valence-electron chi connectivity index (χ0n) is 83.0. The number of anilines is 11. The van der Waals surface area contributed by atoms with Gasteiger partial charge < -0.3 is 37.2 Å². The molecule has 1 aliphatic carbocycles. The molecular weight excluding hydrogens is 1790 g/mol. The lowest BCUT2D eigenvalue weighted by atomic mass is 9.88. The largest absolute Gasteiger partial charge is 0.334 e. The van der Waals surface area contributed by atoms with Crippen molar-refractivity contribution in [3.05, 3.63) is 489 Å². The van der Waals surface area contributed by atoms with Crippen LogP contribution in [0.3, 0.4) is 0 Å². The number of hydrogen-bond acceptors (Lipinski definition) is 4. The van der Waals surface area contributed by atoms with Crippen molar-refractivity contribution in [3.63, 3.8) is 0 Å². The molecule has 0 saturated carbocycles. The van der Waals surface area contributed by atoms with Crippen LogP contribution in [0.15, 0.2) is 473 Å². The topological polar surface area (TPSA) is 30.6 Å². The Balaban J connectivity index is 0.677. The standard InChI is InChI=1S/C140H100N8/c1-85(2)89-75-79-101(80-76-89)141(97-41-17-9-18-42-97)113-59-31-63-117-125(113)106-52-28-57-111-131-123(139-129(121(93-37-13-7-14-38-93)137(131)145(117)134(106)111)109-55-27-51-105-126-114(60-32-64-118(126)147(139)133(105)109)142(98-43-19-10-20-44-98)102-81-77-90(78-82-102)86(3)4)95-71-67-91(68-72-95)92-69-73-96(74-70-92)124-132-112-58-30-54-108-127-115(143(99-45-21-11-22-46-99)103-49-25-35-87(5)83-103)61-33-65-119(127)146(136(108)112)138(132)122(94-39-15-8-16-40-94)130-110-56-29-53-107-128-116(62-34-66-120(128)148(135(107)110)140(124)130)144(100-47-23-12-24-48-100)104-50-26-36-88(6)84-104/h7-83,85-86,104H,84H2,1-6H3. The van der Waals surface area contributed by atoms with Gasteiger partial charge in [-0.15, -0.1) is 0 Å². The summed E-state index contributed by atoms with van der Waals surface area (Å²) in [4.78, 5) is 10.0. The molecule has 0 saturated heterocycles. The normalized spacial score (nSPS) is 13.2. The summed E-state index contributed by atoms with van der Waals surface area (Å²) in [6.45, 7) is 13.6. The fraction of sp³-hybridized carbons (Fsp3) is 0.0714. The summed E-state index contributed by atoms with van der Waals surface area (Å²) in [5, 5.41) is 19.3. The van der Waals surface area contributed by atoms with Crippen molar-refractivity contribution in [2.24, 2.45) is 0 Å². The number of hydrogen-bond donors (Lipinski definition) is 0. The molecule has 0 bridgehead atoms. The van der Waals surface area contributed by atoms with Crippen LogP contribution in [0.2, 0.25) is 0 Å². The van der Waals surface area contributed by atoms with E-state index in [2.05, 4.69) is 546 Å². The summed E-state index contributed by atoms with van der Waals surface area (Å²) in [7, 11) is 0. The molecule has 0 amide bonds. The zero-order valence-corrected chi connectivity index (χ0v) is 83.0. The van der Waals surface area contributed by atoms with E-state index < -0.39 is 0 Å². The molecule has 1 atom stereocenters.